The van der Waals surface area contributed by atoms with Crippen LogP contribution in [0.5, 0.6) is 0 Å². The molecule has 0 aliphatic heterocycles. The molecule has 0 unspecified atom stereocenters. The van der Waals surface area contributed by atoms with E-state index in [9.17, 15) is 12.8 Å². The SMILES string of the molecule is CNCc1cc(S(=O)(=O)NCC2(C(C)C)CC2)ccc1F. The fraction of sp³-hybridized carbons (Fsp3) is 0.600. The van der Waals surface area contributed by atoms with Gasteiger partial charge >= 0.3 is 0 Å². The molecule has 4 nitrogen and oxygen atoms in total. The number of nitrogens with one attached hydrogen (secondary N) is 2. The van der Waals surface area contributed by atoms with Crippen LogP contribution in [0.4, 0.5) is 4.39 Å². The first-order valence-electron chi connectivity index (χ1n) is 7.23. The zero-order valence-corrected chi connectivity index (χ0v) is 13.6. The topological polar surface area (TPSA) is 58.2 Å². The quantitative estimate of drug-likeness (QED) is 0.811. The summed E-state index contributed by atoms with van der Waals surface area (Å²) in [5.74, 6) is 0.0532. The largest absolute Gasteiger partial charge is 0.316 e. The lowest BCUT2D eigenvalue weighted by Crippen LogP contribution is -2.32. The van der Waals surface area contributed by atoms with Crippen LogP contribution in [0.3, 0.4) is 0 Å². The maximum atomic E-state index is 13.6. The molecular formula is C15H23FN2O2S. The monoisotopic (exact) mass is 314 g/mol. The summed E-state index contributed by atoms with van der Waals surface area (Å²) in [5, 5.41) is 2.83. The van der Waals surface area contributed by atoms with E-state index >= 15 is 0 Å². The predicted molar refractivity (Wildman–Crippen MR) is 80.9 cm³/mol. The lowest BCUT2D eigenvalue weighted by atomic mass is 9.93. The molecule has 0 aromatic heterocycles. The fourth-order valence-corrected chi connectivity index (χ4v) is 3.67. The minimum atomic E-state index is -3.59. The van der Waals surface area contributed by atoms with E-state index in [1.807, 2.05) is 0 Å². The van der Waals surface area contributed by atoms with Crippen LogP contribution >= 0.6 is 0 Å². The van der Waals surface area contributed by atoms with Crippen LogP contribution in [0, 0.1) is 17.2 Å². The first kappa shape index (κ1) is 16.4. The lowest BCUT2D eigenvalue weighted by Gasteiger charge is -2.20. The summed E-state index contributed by atoms with van der Waals surface area (Å²) in [4.78, 5) is 0.119. The Balaban J connectivity index is 2.14. The van der Waals surface area contributed by atoms with Gasteiger partial charge in [-0.1, -0.05) is 13.8 Å². The minimum absolute atomic E-state index is 0.0981. The molecule has 1 fully saturated rings. The van der Waals surface area contributed by atoms with Crippen molar-refractivity contribution in [2.75, 3.05) is 13.6 Å². The molecule has 0 radical (unpaired) electrons. The normalized spacial score (nSPS) is 17.2. The molecule has 6 heteroatoms. The Bertz CT molecular complexity index is 610. The van der Waals surface area contributed by atoms with Crippen molar-refractivity contribution in [2.45, 2.75) is 38.1 Å². The maximum Gasteiger partial charge on any atom is 0.240 e. The third-order valence-electron chi connectivity index (χ3n) is 4.43. The zero-order chi connectivity index (χ0) is 15.7. The molecule has 2 N–H and O–H groups in total. The summed E-state index contributed by atoms with van der Waals surface area (Å²) in [7, 11) is -1.90. The average Bonchev–Trinajstić information content (AvgIpc) is 3.20. The molecule has 21 heavy (non-hydrogen) atoms. The van der Waals surface area contributed by atoms with E-state index in [1.54, 1.807) is 7.05 Å². The van der Waals surface area contributed by atoms with Crippen molar-refractivity contribution >= 4 is 10.0 Å². The Labute approximate surface area is 126 Å². The van der Waals surface area contributed by atoms with E-state index in [0.29, 0.717) is 24.6 Å². The number of sulfonamides is 1. The van der Waals surface area contributed by atoms with Crippen molar-refractivity contribution in [3.8, 4) is 0 Å². The highest BCUT2D eigenvalue weighted by atomic mass is 32.2. The Morgan fingerprint density at radius 3 is 2.52 bits per heavy atom. The van der Waals surface area contributed by atoms with Crippen molar-refractivity contribution in [3.05, 3.63) is 29.6 Å². The third kappa shape index (κ3) is 3.62. The van der Waals surface area contributed by atoms with Crippen molar-refractivity contribution in [3.63, 3.8) is 0 Å². The summed E-state index contributed by atoms with van der Waals surface area (Å²) in [6, 6.07) is 3.91. The summed E-state index contributed by atoms with van der Waals surface area (Å²) in [6.45, 7) is 4.98. The van der Waals surface area contributed by atoms with Gasteiger partial charge in [-0.15, -0.1) is 0 Å². The van der Waals surface area contributed by atoms with Gasteiger partial charge in [0.05, 0.1) is 4.90 Å². The molecule has 0 amide bonds. The van der Waals surface area contributed by atoms with Gasteiger partial charge in [-0.05, 0) is 49.4 Å². The second-order valence-corrected chi connectivity index (χ2v) is 7.89. The molecule has 1 aromatic carbocycles. The van der Waals surface area contributed by atoms with E-state index < -0.39 is 15.8 Å². The van der Waals surface area contributed by atoms with E-state index in [0.717, 1.165) is 12.8 Å². The molecular weight excluding hydrogens is 291 g/mol. The number of rotatable bonds is 7. The van der Waals surface area contributed by atoms with Gasteiger partial charge in [0.15, 0.2) is 0 Å². The lowest BCUT2D eigenvalue weighted by molar-refractivity contribution is 0.357. The molecule has 0 spiro atoms. The van der Waals surface area contributed by atoms with Crippen LogP contribution in [-0.4, -0.2) is 22.0 Å². The highest BCUT2D eigenvalue weighted by Gasteiger charge is 2.45. The molecule has 118 valence electrons. The summed E-state index contributed by atoms with van der Waals surface area (Å²) in [6.07, 6.45) is 2.11. The maximum absolute atomic E-state index is 13.6. The van der Waals surface area contributed by atoms with Crippen LogP contribution in [0.15, 0.2) is 23.1 Å². The fourth-order valence-electron chi connectivity index (χ4n) is 2.49. The molecule has 0 bridgehead atoms. The van der Waals surface area contributed by atoms with Crippen molar-refractivity contribution in [1.29, 1.82) is 0 Å². The van der Waals surface area contributed by atoms with Gasteiger partial charge in [0.2, 0.25) is 10.0 Å². The van der Waals surface area contributed by atoms with E-state index in [1.165, 1.54) is 18.2 Å². The second kappa shape index (κ2) is 6.02. The molecule has 1 aliphatic carbocycles. The van der Waals surface area contributed by atoms with Crippen LogP contribution in [-0.2, 0) is 16.6 Å². The number of hydrogen-bond acceptors (Lipinski definition) is 3. The van der Waals surface area contributed by atoms with Crippen molar-refractivity contribution in [1.82, 2.24) is 10.0 Å². The van der Waals surface area contributed by atoms with E-state index in [4.69, 9.17) is 0 Å². The zero-order valence-electron chi connectivity index (χ0n) is 12.7. The standard InChI is InChI=1S/C15H23FN2O2S/c1-11(2)15(6-7-15)10-18-21(19,20)13-4-5-14(16)12(8-13)9-17-3/h4-5,8,11,17-18H,6-7,9-10H2,1-3H3. The van der Waals surface area contributed by atoms with Gasteiger partial charge in [-0.2, -0.15) is 0 Å². The predicted octanol–water partition coefficient (Wildman–Crippen LogP) is 2.26. The molecule has 1 saturated carbocycles. The Morgan fingerprint density at radius 2 is 2.00 bits per heavy atom. The summed E-state index contributed by atoms with van der Waals surface area (Å²) >= 11 is 0. The smallest absolute Gasteiger partial charge is 0.240 e. The third-order valence-corrected chi connectivity index (χ3v) is 5.82. The van der Waals surface area contributed by atoms with Crippen LogP contribution in [0.1, 0.15) is 32.3 Å². The van der Waals surface area contributed by atoms with E-state index in [2.05, 4.69) is 23.9 Å². The van der Waals surface area contributed by atoms with Gasteiger partial charge in [-0.3, -0.25) is 0 Å². The minimum Gasteiger partial charge on any atom is -0.316 e. The number of halogens is 1. The van der Waals surface area contributed by atoms with E-state index in [-0.39, 0.29) is 10.3 Å². The Hall–Kier alpha value is -0.980. The number of hydrogen-bond donors (Lipinski definition) is 2. The molecule has 0 saturated heterocycles. The van der Waals surface area contributed by atoms with Crippen molar-refractivity contribution < 1.29 is 12.8 Å². The molecule has 0 atom stereocenters. The van der Waals surface area contributed by atoms with Gasteiger partial charge < -0.3 is 5.32 Å². The first-order chi connectivity index (χ1) is 9.81. The highest BCUT2D eigenvalue weighted by Crippen LogP contribution is 2.51. The van der Waals surface area contributed by atoms with Gasteiger partial charge in [-0.25, -0.2) is 17.5 Å². The average molecular weight is 314 g/mol. The van der Waals surface area contributed by atoms with Gasteiger partial charge in [0.1, 0.15) is 5.82 Å². The second-order valence-electron chi connectivity index (χ2n) is 6.13. The molecule has 0 heterocycles. The molecule has 1 aromatic rings. The van der Waals surface area contributed by atoms with Crippen molar-refractivity contribution in [2.24, 2.45) is 11.3 Å². The summed E-state index contributed by atoms with van der Waals surface area (Å²) in [5.41, 5.74) is 0.450. The number of benzene rings is 1. The van der Waals surface area contributed by atoms with Crippen LogP contribution in [0.2, 0.25) is 0 Å². The van der Waals surface area contributed by atoms with Crippen LogP contribution in [0.25, 0.3) is 0 Å². The molecule has 2 rings (SSSR count). The summed E-state index contributed by atoms with van der Waals surface area (Å²) < 4.78 is 40.9. The Morgan fingerprint density at radius 1 is 1.33 bits per heavy atom. The van der Waals surface area contributed by atoms with Crippen LogP contribution < -0.4 is 10.0 Å². The van der Waals surface area contributed by atoms with Gasteiger partial charge in [0, 0.05) is 18.7 Å². The molecule has 1 aliphatic rings. The highest BCUT2D eigenvalue weighted by molar-refractivity contribution is 7.89. The Kier molecular flexibility index (Phi) is 4.70. The first-order valence-corrected chi connectivity index (χ1v) is 8.72. The van der Waals surface area contributed by atoms with Gasteiger partial charge in [0.25, 0.3) is 0 Å².